The molecule has 2 unspecified atom stereocenters. The Kier molecular flexibility index (Phi) is 5.11. The molecule has 0 spiro atoms. The third-order valence-corrected chi connectivity index (χ3v) is 4.08. The molecule has 0 aromatic rings. The molecule has 98 valence electrons. The summed E-state index contributed by atoms with van der Waals surface area (Å²) in [6, 6.07) is 0. The Morgan fingerprint density at radius 3 is 2.94 bits per heavy atom. The van der Waals surface area contributed by atoms with Crippen LogP contribution in [-0.2, 0) is 9.53 Å². The first-order valence-corrected chi connectivity index (χ1v) is 7.27. The van der Waals surface area contributed by atoms with Crippen molar-refractivity contribution in [2.75, 3.05) is 32.2 Å². The molecule has 0 radical (unpaired) electrons. The number of piperidine rings is 1. The Labute approximate surface area is 108 Å². The lowest BCUT2D eigenvalue weighted by Gasteiger charge is -2.35. The Hall–Kier alpha value is -0.280. The number of likely N-dealkylation sites (tertiary alicyclic amines) is 1. The van der Waals surface area contributed by atoms with Crippen molar-refractivity contribution in [2.24, 2.45) is 11.8 Å². The van der Waals surface area contributed by atoms with Crippen LogP contribution in [0, 0.1) is 11.8 Å². The zero-order chi connectivity index (χ0) is 12.1. The average molecular weight is 260 g/mol. The number of carbonyl (C=O) groups is 1. The van der Waals surface area contributed by atoms with E-state index in [1.165, 1.54) is 6.42 Å². The van der Waals surface area contributed by atoms with Crippen LogP contribution in [0.4, 0.5) is 0 Å². The fourth-order valence-electron chi connectivity index (χ4n) is 2.85. The molecule has 2 aliphatic rings. The molecule has 0 N–H and O–H groups in total. The van der Waals surface area contributed by atoms with Crippen molar-refractivity contribution in [3.63, 3.8) is 0 Å². The predicted molar refractivity (Wildman–Crippen MR) is 68.2 cm³/mol. The summed E-state index contributed by atoms with van der Waals surface area (Å²) in [7, 11) is 0. The molecule has 2 heterocycles. The van der Waals surface area contributed by atoms with Gasteiger partial charge in [0.15, 0.2) is 0 Å². The number of ether oxygens (including phenoxy) is 1. The number of hydrogen-bond donors (Lipinski definition) is 0. The van der Waals surface area contributed by atoms with Crippen LogP contribution in [0.3, 0.4) is 0 Å². The fourth-order valence-corrected chi connectivity index (χ4v) is 3.16. The summed E-state index contributed by atoms with van der Waals surface area (Å²) in [6.45, 7) is 3.27. The van der Waals surface area contributed by atoms with Gasteiger partial charge >= 0.3 is 0 Å². The van der Waals surface area contributed by atoms with Gasteiger partial charge in [-0.25, -0.2) is 0 Å². The number of alkyl halides is 1. The van der Waals surface area contributed by atoms with Crippen LogP contribution in [0.2, 0.25) is 0 Å². The number of amides is 1. The third kappa shape index (κ3) is 3.59. The smallest absolute Gasteiger partial charge is 0.228 e. The topological polar surface area (TPSA) is 29.5 Å². The van der Waals surface area contributed by atoms with Crippen molar-refractivity contribution < 1.29 is 9.53 Å². The van der Waals surface area contributed by atoms with Crippen LogP contribution >= 0.6 is 11.6 Å². The molecule has 3 nitrogen and oxygen atoms in total. The molecule has 17 heavy (non-hydrogen) atoms. The number of rotatable bonds is 3. The second kappa shape index (κ2) is 6.60. The van der Waals surface area contributed by atoms with Crippen LogP contribution in [0.25, 0.3) is 0 Å². The van der Waals surface area contributed by atoms with Gasteiger partial charge in [-0.05, 0) is 38.0 Å². The van der Waals surface area contributed by atoms with E-state index in [1.807, 2.05) is 4.90 Å². The molecule has 2 rings (SSSR count). The van der Waals surface area contributed by atoms with Crippen LogP contribution in [0.5, 0.6) is 0 Å². The fraction of sp³-hybridized carbons (Fsp3) is 0.923. The monoisotopic (exact) mass is 259 g/mol. The molecule has 2 saturated heterocycles. The highest BCUT2D eigenvalue weighted by Crippen LogP contribution is 2.23. The largest absolute Gasteiger partial charge is 0.381 e. The normalized spacial score (nSPS) is 30.3. The Morgan fingerprint density at radius 2 is 2.24 bits per heavy atom. The molecule has 0 bridgehead atoms. The van der Waals surface area contributed by atoms with Crippen LogP contribution < -0.4 is 0 Å². The first kappa shape index (κ1) is 13.2. The molecule has 0 aliphatic carbocycles. The maximum Gasteiger partial charge on any atom is 0.228 e. The summed E-state index contributed by atoms with van der Waals surface area (Å²) < 4.78 is 5.40. The van der Waals surface area contributed by atoms with E-state index in [0.717, 1.165) is 45.4 Å². The molecule has 2 aliphatic heterocycles. The number of halogens is 1. The quantitative estimate of drug-likeness (QED) is 0.728. The van der Waals surface area contributed by atoms with E-state index in [2.05, 4.69) is 0 Å². The maximum absolute atomic E-state index is 12.3. The number of nitrogens with zero attached hydrogens (tertiary/aromatic N) is 1. The average Bonchev–Trinajstić information content (AvgIpc) is 2.40. The van der Waals surface area contributed by atoms with Crippen molar-refractivity contribution in [1.29, 1.82) is 0 Å². The summed E-state index contributed by atoms with van der Waals surface area (Å²) in [5.41, 5.74) is 0. The van der Waals surface area contributed by atoms with E-state index < -0.39 is 0 Å². The number of hydrogen-bond acceptors (Lipinski definition) is 2. The minimum Gasteiger partial charge on any atom is -0.381 e. The van der Waals surface area contributed by atoms with E-state index in [1.54, 1.807) is 0 Å². The lowest BCUT2D eigenvalue weighted by atomic mass is 9.93. The van der Waals surface area contributed by atoms with Gasteiger partial charge in [-0.3, -0.25) is 4.79 Å². The minimum atomic E-state index is 0.110. The van der Waals surface area contributed by atoms with E-state index in [9.17, 15) is 4.79 Å². The standard InChI is InChI=1S/C13H22ClNO2/c14-6-5-11-3-1-7-15(9-11)13(16)12-4-2-8-17-10-12/h11-12H,1-10H2. The highest BCUT2D eigenvalue weighted by Gasteiger charge is 2.29. The van der Waals surface area contributed by atoms with E-state index in [-0.39, 0.29) is 5.92 Å². The van der Waals surface area contributed by atoms with Gasteiger partial charge in [0.2, 0.25) is 5.91 Å². The van der Waals surface area contributed by atoms with Crippen LogP contribution in [0.15, 0.2) is 0 Å². The third-order valence-electron chi connectivity index (χ3n) is 3.86. The summed E-state index contributed by atoms with van der Waals surface area (Å²) in [4.78, 5) is 14.4. The Balaban J connectivity index is 1.85. The van der Waals surface area contributed by atoms with Gasteiger partial charge in [0.25, 0.3) is 0 Å². The molecule has 1 amide bonds. The highest BCUT2D eigenvalue weighted by atomic mass is 35.5. The van der Waals surface area contributed by atoms with Crippen molar-refractivity contribution >= 4 is 17.5 Å². The molecule has 0 saturated carbocycles. The van der Waals surface area contributed by atoms with Crippen molar-refractivity contribution in [2.45, 2.75) is 32.1 Å². The van der Waals surface area contributed by atoms with Crippen molar-refractivity contribution in [1.82, 2.24) is 4.90 Å². The maximum atomic E-state index is 12.3. The molecule has 2 atom stereocenters. The SMILES string of the molecule is O=C(C1CCCOC1)N1CCCC(CCCl)C1. The second-order valence-electron chi connectivity index (χ2n) is 5.18. The van der Waals surface area contributed by atoms with Gasteiger partial charge in [-0.15, -0.1) is 11.6 Å². The van der Waals surface area contributed by atoms with E-state index >= 15 is 0 Å². The van der Waals surface area contributed by atoms with Gasteiger partial charge < -0.3 is 9.64 Å². The van der Waals surface area contributed by atoms with Gasteiger partial charge in [0, 0.05) is 25.6 Å². The summed E-state index contributed by atoms with van der Waals surface area (Å²) in [5.74, 6) is 1.73. The van der Waals surface area contributed by atoms with E-state index in [4.69, 9.17) is 16.3 Å². The molecule has 2 fully saturated rings. The van der Waals surface area contributed by atoms with Crippen LogP contribution in [-0.4, -0.2) is 43.0 Å². The Morgan fingerprint density at radius 1 is 1.35 bits per heavy atom. The molecular weight excluding hydrogens is 238 g/mol. The minimum absolute atomic E-state index is 0.110. The van der Waals surface area contributed by atoms with Gasteiger partial charge in [-0.2, -0.15) is 0 Å². The Bertz CT molecular complexity index is 252. The molecule has 0 aromatic carbocycles. The zero-order valence-corrected chi connectivity index (χ0v) is 11.1. The zero-order valence-electron chi connectivity index (χ0n) is 10.4. The molecule has 4 heteroatoms. The van der Waals surface area contributed by atoms with Gasteiger partial charge in [0.1, 0.15) is 0 Å². The molecular formula is C13H22ClNO2. The number of carbonyl (C=O) groups excluding carboxylic acids is 1. The summed E-state index contributed by atoms with van der Waals surface area (Å²) in [5, 5.41) is 0. The van der Waals surface area contributed by atoms with Crippen molar-refractivity contribution in [3.8, 4) is 0 Å². The second-order valence-corrected chi connectivity index (χ2v) is 5.56. The lowest BCUT2D eigenvalue weighted by Crippen LogP contribution is -2.45. The van der Waals surface area contributed by atoms with Gasteiger partial charge in [0.05, 0.1) is 12.5 Å². The van der Waals surface area contributed by atoms with Crippen LogP contribution in [0.1, 0.15) is 32.1 Å². The summed E-state index contributed by atoms with van der Waals surface area (Å²) >= 11 is 5.79. The first-order chi connectivity index (χ1) is 8.31. The molecule has 0 aromatic heterocycles. The van der Waals surface area contributed by atoms with Crippen molar-refractivity contribution in [3.05, 3.63) is 0 Å². The first-order valence-electron chi connectivity index (χ1n) is 6.73. The van der Waals surface area contributed by atoms with E-state index in [0.29, 0.717) is 24.3 Å². The lowest BCUT2D eigenvalue weighted by molar-refractivity contribution is -0.141. The van der Waals surface area contributed by atoms with Gasteiger partial charge in [-0.1, -0.05) is 0 Å². The highest BCUT2D eigenvalue weighted by molar-refractivity contribution is 6.17. The summed E-state index contributed by atoms with van der Waals surface area (Å²) in [6.07, 6.45) is 5.40. The predicted octanol–water partition coefficient (Wildman–Crippen LogP) is 2.28.